The molecule has 0 saturated carbocycles. The van der Waals surface area contributed by atoms with Crippen molar-refractivity contribution < 1.29 is 14.6 Å². The van der Waals surface area contributed by atoms with Crippen molar-refractivity contribution in [3.8, 4) is 33.0 Å². The van der Waals surface area contributed by atoms with E-state index in [1.54, 1.807) is 6.20 Å². The predicted molar refractivity (Wildman–Crippen MR) is 174 cm³/mol. The summed E-state index contributed by atoms with van der Waals surface area (Å²) in [7, 11) is 1.94. The van der Waals surface area contributed by atoms with Crippen LogP contribution in [0.25, 0.3) is 54.1 Å². The molecule has 0 radical (unpaired) electrons. The first-order valence-corrected chi connectivity index (χ1v) is 15.1. The summed E-state index contributed by atoms with van der Waals surface area (Å²) >= 11 is 7.77. The fourth-order valence-electron chi connectivity index (χ4n) is 5.52. The van der Waals surface area contributed by atoms with E-state index >= 15 is 0 Å². The zero-order valence-corrected chi connectivity index (χ0v) is 26.3. The molecule has 0 saturated heterocycles. The number of aromatic nitrogens is 4. The molecular formula is C34H31ClN4O3S. The number of pyridine rings is 1. The molecule has 1 unspecified atom stereocenters. The third kappa shape index (κ3) is 5.42. The van der Waals surface area contributed by atoms with Crippen LogP contribution in [0, 0.1) is 13.8 Å². The summed E-state index contributed by atoms with van der Waals surface area (Å²) in [5.41, 5.74) is 8.16. The second-order valence-corrected chi connectivity index (χ2v) is 13.1. The molecule has 6 rings (SSSR count). The second-order valence-electron chi connectivity index (χ2n) is 11.7. The molecule has 218 valence electrons. The zero-order chi connectivity index (χ0) is 30.6. The molecule has 0 amide bonds. The molecule has 43 heavy (non-hydrogen) atoms. The molecule has 0 aliphatic rings. The summed E-state index contributed by atoms with van der Waals surface area (Å²) in [6.45, 7) is 9.58. The van der Waals surface area contributed by atoms with E-state index in [1.807, 2.05) is 82.0 Å². The van der Waals surface area contributed by atoms with Crippen LogP contribution in [0.4, 0.5) is 0 Å². The minimum atomic E-state index is -1.17. The van der Waals surface area contributed by atoms with E-state index in [2.05, 4.69) is 30.2 Å². The number of nitrogens with zero attached hydrogens (tertiary/aromatic N) is 4. The van der Waals surface area contributed by atoms with Crippen molar-refractivity contribution in [3.63, 3.8) is 0 Å². The van der Waals surface area contributed by atoms with Crippen LogP contribution in [0.15, 0.2) is 67.0 Å². The largest absolute Gasteiger partial charge is 0.479 e. The number of aliphatic carboxylic acids is 1. The van der Waals surface area contributed by atoms with Gasteiger partial charge >= 0.3 is 5.97 Å². The molecule has 1 atom stereocenters. The van der Waals surface area contributed by atoms with E-state index in [-0.39, 0.29) is 0 Å². The summed E-state index contributed by atoms with van der Waals surface area (Å²) in [5, 5.41) is 17.3. The van der Waals surface area contributed by atoms with Crippen LogP contribution in [0.2, 0.25) is 5.02 Å². The molecule has 0 aliphatic carbocycles. The highest BCUT2D eigenvalue weighted by Crippen LogP contribution is 2.44. The van der Waals surface area contributed by atoms with Gasteiger partial charge in [0.15, 0.2) is 6.10 Å². The molecule has 0 spiro atoms. The first-order valence-electron chi connectivity index (χ1n) is 13.9. The van der Waals surface area contributed by atoms with Crippen LogP contribution >= 0.6 is 22.9 Å². The van der Waals surface area contributed by atoms with Crippen LogP contribution in [0.5, 0.6) is 0 Å². The molecule has 0 fully saturated rings. The van der Waals surface area contributed by atoms with Crippen molar-refractivity contribution in [1.82, 2.24) is 19.7 Å². The summed E-state index contributed by atoms with van der Waals surface area (Å²) < 4.78 is 8.90. The van der Waals surface area contributed by atoms with Crippen LogP contribution in [-0.4, -0.2) is 36.4 Å². The SMILES string of the molecule is Cc1cc2nc(-c3ccnc(-c4ccc5c(cnn5C)c4C)c3)sc2c(-c2ccc(Cl)cc2)c1C(OC(C)(C)C)C(=O)O. The van der Waals surface area contributed by atoms with Crippen LogP contribution in [-0.2, 0) is 16.6 Å². The molecule has 1 N–H and O–H groups in total. The Morgan fingerprint density at radius 1 is 1.05 bits per heavy atom. The van der Waals surface area contributed by atoms with Gasteiger partial charge in [-0.15, -0.1) is 11.3 Å². The number of ether oxygens (including phenoxy) is 1. The van der Waals surface area contributed by atoms with Gasteiger partial charge < -0.3 is 9.84 Å². The van der Waals surface area contributed by atoms with Gasteiger partial charge in [-0.2, -0.15) is 5.10 Å². The van der Waals surface area contributed by atoms with Gasteiger partial charge in [-0.3, -0.25) is 9.67 Å². The van der Waals surface area contributed by atoms with Crippen LogP contribution in [0.3, 0.4) is 0 Å². The maximum absolute atomic E-state index is 12.6. The topological polar surface area (TPSA) is 90.1 Å². The zero-order valence-electron chi connectivity index (χ0n) is 24.8. The minimum absolute atomic E-state index is 0.601. The van der Waals surface area contributed by atoms with Crippen molar-refractivity contribution in [3.05, 3.63) is 88.7 Å². The first-order chi connectivity index (χ1) is 20.4. The lowest BCUT2D eigenvalue weighted by molar-refractivity contribution is -0.160. The van der Waals surface area contributed by atoms with E-state index in [0.717, 1.165) is 65.2 Å². The fourth-order valence-corrected chi connectivity index (χ4v) is 6.76. The number of halogens is 1. The Balaban J connectivity index is 1.54. The summed E-state index contributed by atoms with van der Waals surface area (Å²) in [5.74, 6) is -1.04. The van der Waals surface area contributed by atoms with Gasteiger partial charge in [0, 0.05) is 45.9 Å². The Hall–Kier alpha value is -4.11. The highest BCUT2D eigenvalue weighted by Gasteiger charge is 2.32. The number of carbonyl (C=O) groups is 1. The normalized spacial score (nSPS) is 12.7. The minimum Gasteiger partial charge on any atom is -0.479 e. The summed E-state index contributed by atoms with van der Waals surface area (Å²) in [6.07, 6.45) is 2.52. The number of hydrogen-bond donors (Lipinski definition) is 1. The van der Waals surface area contributed by atoms with E-state index in [0.29, 0.717) is 10.6 Å². The third-order valence-corrected chi connectivity index (χ3v) is 8.89. The maximum atomic E-state index is 12.6. The highest BCUT2D eigenvalue weighted by molar-refractivity contribution is 7.22. The molecule has 3 aromatic carbocycles. The highest BCUT2D eigenvalue weighted by atomic mass is 35.5. The maximum Gasteiger partial charge on any atom is 0.337 e. The predicted octanol–water partition coefficient (Wildman–Crippen LogP) is 8.79. The number of carboxylic acid groups (broad SMARTS) is 1. The van der Waals surface area contributed by atoms with Gasteiger partial charge in [0.05, 0.1) is 33.2 Å². The quantitative estimate of drug-likeness (QED) is 0.203. The Morgan fingerprint density at radius 3 is 2.49 bits per heavy atom. The molecule has 3 heterocycles. The monoisotopic (exact) mass is 610 g/mol. The van der Waals surface area contributed by atoms with Crippen molar-refractivity contribution >= 4 is 50.0 Å². The van der Waals surface area contributed by atoms with E-state index in [1.165, 1.54) is 11.3 Å². The van der Waals surface area contributed by atoms with Gasteiger partial charge in [0.2, 0.25) is 0 Å². The average Bonchev–Trinajstić information content (AvgIpc) is 3.55. The number of benzene rings is 3. The molecule has 9 heteroatoms. The Bertz CT molecular complexity index is 2020. The average molecular weight is 611 g/mol. The van der Waals surface area contributed by atoms with Gasteiger partial charge in [-0.25, -0.2) is 9.78 Å². The lowest BCUT2D eigenvalue weighted by atomic mass is 9.91. The lowest BCUT2D eigenvalue weighted by Crippen LogP contribution is -2.28. The van der Waals surface area contributed by atoms with Gasteiger partial charge in [0.25, 0.3) is 0 Å². The van der Waals surface area contributed by atoms with Gasteiger partial charge in [-0.1, -0.05) is 29.8 Å². The first kappa shape index (κ1) is 29.0. The van der Waals surface area contributed by atoms with Crippen molar-refractivity contribution in [2.24, 2.45) is 7.05 Å². The molecule has 6 aromatic rings. The van der Waals surface area contributed by atoms with Crippen LogP contribution in [0.1, 0.15) is 43.6 Å². The summed E-state index contributed by atoms with van der Waals surface area (Å²) in [6, 6.07) is 17.6. The summed E-state index contributed by atoms with van der Waals surface area (Å²) in [4.78, 5) is 22.4. The van der Waals surface area contributed by atoms with Crippen molar-refractivity contribution in [2.45, 2.75) is 46.3 Å². The Morgan fingerprint density at radius 2 is 1.79 bits per heavy atom. The second kappa shape index (κ2) is 10.9. The van der Waals surface area contributed by atoms with E-state index in [4.69, 9.17) is 26.3 Å². The molecule has 0 aliphatic heterocycles. The van der Waals surface area contributed by atoms with E-state index < -0.39 is 17.7 Å². The molecular weight excluding hydrogens is 580 g/mol. The third-order valence-electron chi connectivity index (χ3n) is 7.50. The Kier molecular flexibility index (Phi) is 7.32. The fraction of sp³-hybridized carbons (Fsp3) is 0.235. The number of hydrogen-bond acceptors (Lipinski definition) is 6. The van der Waals surface area contributed by atoms with Gasteiger partial charge in [-0.05, 0) is 87.7 Å². The lowest BCUT2D eigenvalue weighted by Gasteiger charge is -2.28. The molecule has 0 bridgehead atoms. The number of carboxylic acids is 1. The van der Waals surface area contributed by atoms with Crippen LogP contribution < -0.4 is 0 Å². The smallest absolute Gasteiger partial charge is 0.337 e. The van der Waals surface area contributed by atoms with Gasteiger partial charge in [0.1, 0.15) is 5.01 Å². The number of aryl methyl sites for hydroxylation is 3. The molecule has 3 aromatic heterocycles. The number of rotatable bonds is 6. The van der Waals surface area contributed by atoms with Crippen molar-refractivity contribution in [1.29, 1.82) is 0 Å². The molecule has 7 nitrogen and oxygen atoms in total. The van der Waals surface area contributed by atoms with Crippen molar-refractivity contribution in [2.75, 3.05) is 0 Å². The number of fused-ring (bicyclic) bond motifs is 2. The van der Waals surface area contributed by atoms with E-state index in [9.17, 15) is 9.90 Å². The number of thiazole rings is 1. The Labute approximate surface area is 258 Å². The standard InChI is InChI=1S/C34H31ClN4O3S/c1-18-15-26-31(29(20-7-9-22(35)10-8-20)28(18)30(33(40)41)42-34(3,4)5)43-32(38-26)21-13-14-36-25(16-21)23-11-12-27-24(19(23)2)17-37-39(27)6/h7-17,30H,1-6H3,(H,40,41).